The van der Waals surface area contributed by atoms with Crippen molar-refractivity contribution in [2.24, 2.45) is 0 Å². The molecule has 1 aliphatic heterocycles. The van der Waals surface area contributed by atoms with Crippen molar-refractivity contribution in [1.29, 1.82) is 0 Å². The summed E-state index contributed by atoms with van der Waals surface area (Å²) in [6.07, 6.45) is 1.48. The molecule has 0 fully saturated rings. The monoisotopic (exact) mass is 302 g/mol. The maximum atomic E-state index is 9.88. The first-order valence-corrected chi connectivity index (χ1v) is 7.05. The first-order chi connectivity index (χ1) is 10.6. The molecule has 0 radical (unpaired) electrons. The predicted molar refractivity (Wildman–Crippen MR) is 81.0 cm³/mol. The third-order valence-corrected chi connectivity index (χ3v) is 3.88. The van der Waals surface area contributed by atoms with Gasteiger partial charge >= 0.3 is 0 Å². The van der Waals surface area contributed by atoms with Crippen LogP contribution in [0.25, 0.3) is 0 Å². The van der Waals surface area contributed by atoms with E-state index in [0.717, 1.165) is 24.0 Å². The minimum atomic E-state index is -0.144. The highest BCUT2D eigenvalue weighted by atomic mass is 16.5. The van der Waals surface area contributed by atoms with Crippen molar-refractivity contribution in [2.45, 2.75) is 18.9 Å². The molecule has 0 saturated heterocycles. The molecular formula is C17H18O5. The minimum Gasteiger partial charge on any atom is -0.504 e. The van der Waals surface area contributed by atoms with Crippen LogP contribution in [0.3, 0.4) is 0 Å². The minimum absolute atomic E-state index is 0.0604. The summed E-state index contributed by atoms with van der Waals surface area (Å²) in [5, 5.41) is 19.6. The van der Waals surface area contributed by atoms with Crippen LogP contribution in [0, 0.1) is 0 Å². The first-order valence-electron chi connectivity index (χ1n) is 7.05. The number of methoxy groups -OCH3 is 2. The average Bonchev–Trinajstić information content (AvgIpc) is 2.54. The van der Waals surface area contributed by atoms with Crippen LogP contribution >= 0.6 is 0 Å². The molecule has 0 aromatic heterocycles. The van der Waals surface area contributed by atoms with Gasteiger partial charge in [-0.15, -0.1) is 0 Å². The van der Waals surface area contributed by atoms with Crippen LogP contribution in [0.15, 0.2) is 30.3 Å². The second-order valence-corrected chi connectivity index (χ2v) is 5.21. The molecule has 116 valence electrons. The van der Waals surface area contributed by atoms with Gasteiger partial charge in [-0.05, 0) is 42.2 Å². The number of benzene rings is 2. The molecule has 0 saturated carbocycles. The van der Waals surface area contributed by atoms with Gasteiger partial charge in [-0.3, -0.25) is 0 Å². The molecule has 1 heterocycles. The SMILES string of the molecule is COc1cc([C@H]2CCc3cc(OC)c(O)cc3O2)ccc1O. The Hall–Kier alpha value is -2.56. The van der Waals surface area contributed by atoms with Gasteiger partial charge in [0.05, 0.1) is 14.2 Å². The standard InChI is InChI=1S/C17H18O5/c1-20-16-7-10(3-5-12(16)18)14-6-4-11-8-17(21-2)13(19)9-15(11)22-14/h3,5,7-9,14,18-19H,4,6H2,1-2H3/t14-/m1/s1. The second kappa shape index (κ2) is 5.67. The van der Waals surface area contributed by atoms with Crippen molar-refractivity contribution >= 4 is 0 Å². The van der Waals surface area contributed by atoms with E-state index in [4.69, 9.17) is 14.2 Å². The topological polar surface area (TPSA) is 68.2 Å². The first kappa shape index (κ1) is 14.4. The van der Waals surface area contributed by atoms with Crippen LogP contribution in [0.2, 0.25) is 0 Å². The molecule has 2 aromatic carbocycles. The quantitative estimate of drug-likeness (QED) is 0.911. The summed E-state index contributed by atoms with van der Waals surface area (Å²) in [5.74, 6) is 1.69. The van der Waals surface area contributed by atoms with Crippen molar-refractivity contribution in [3.8, 4) is 28.7 Å². The van der Waals surface area contributed by atoms with E-state index in [9.17, 15) is 10.2 Å². The molecule has 0 unspecified atom stereocenters. The van der Waals surface area contributed by atoms with E-state index in [1.54, 1.807) is 24.3 Å². The largest absolute Gasteiger partial charge is 0.504 e. The fourth-order valence-corrected chi connectivity index (χ4v) is 2.69. The molecule has 5 heteroatoms. The lowest BCUT2D eigenvalue weighted by molar-refractivity contribution is 0.175. The van der Waals surface area contributed by atoms with Gasteiger partial charge in [0.15, 0.2) is 23.0 Å². The van der Waals surface area contributed by atoms with Gasteiger partial charge in [-0.2, -0.15) is 0 Å². The van der Waals surface area contributed by atoms with Gasteiger partial charge in [0.25, 0.3) is 0 Å². The van der Waals surface area contributed by atoms with Crippen LogP contribution in [-0.2, 0) is 6.42 Å². The second-order valence-electron chi connectivity index (χ2n) is 5.21. The van der Waals surface area contributed by atoms with Crippen molar-refractivity contribution in [1.82, 2.24) is 0 Å². The van der Waals surface area contributed by atoms with Crippen molar-refractivity contribution in [3.63, 3.8) is 0 Å². The zero-order valence-corrected chi connectivity index (χ0v) is 12.5. The molecule has 2 N–H and O–H groups in total. The highest BCUT2D eigenvalue weighted by Gasteiger charge is 2.24. The Morgan fingerprint density at radius 3 is 2.45 bits per heavy atom. The number of phenols is 2. The van der Waals surface area contributed by atoms with E-state index in [-0.39, 0.29) is 17.6 Å². The van der Waals surface area contributed by atoms with Crippen molar-refractivity contribution < 1.29 is 24.4 Å². The number of hydrogen-bond donors (Lipinski definition) is 2. The smallest absolute Gasteiger partial charge is 0.161 e. The van der Waals surface area contributed by atoms with Crippen molar-refractivity contribution in [3.05, 3.63) is 41.5 Å². The van der Waals surface area contributed by atoms with E-state index >= 15 is 0 Å². The van der Waals surface area contributed by atoms with E-state index < -0.39 is 0 Å². The van der Waals surface area contributed by atoms with E-state index in [0.29, 0.717) is 17.2 Å². The van der Waals surface area contributed by atoms with Crippen LogP contribution in [0.5, 0.6) is 28.7 Å². The highest BCUT2D eigenvalue weighted by Crippen LogP contribution is 2.42. The average molecular weight is 302 g/mol. The Morgan fingerprint density at radius 2 is 1.73 bits per heavy atom. The summed E-state index contributed by atoms with van der Waals surface area (Å²) < 4.78 is 16.2. The molecule has 0 amide bonds. The number of aryl methyl sites for hydroxylation is 1. The molecule has 22 heavy (non-hydrogen) atoms. The van der Waals surface area contributed by atoms with Crippen molar-refractivity contribution in [2.75, 3.05) is 14.2 Å². The van der Waals surface area contributed by atoms with E-state index in [1.807, 2.05) is 6.07 Å². The molecule has 0 aliphatic carbocycles. The number of hydrogen-bond acceptors (Lipinski definition) is 5. The number of fused-ring (bicyclic) bond motifs is 1. The summed E-state index contributed by atoms with van der Waals surface area (Å²) in [4.78, 5) is 0. The van der Waals surface area contributed by atoms with Gasteiger partial charge in [-0.1, -0.05) is 6.07 Å². The zero-order valence-electron chi connectivity index (χ0n) is 12.5. The molecule has 0 bridgehead atoms. The van der Waals surface area contributed by atoms with Crippen LogP contribution in [0.1, 0.15) is 23.7 Å². The Balaban J connectivity index is 1.89. The summed E-state index contributed by atoms with van der Waals surface area (Å²) in [6, 6.07) is 8.57. The lowest BCUT2D eigenvalue weighted by Crippen LogP contribution is -2.15. The summed E-state index contributed by atoms with van der Waals surface area (Å²) in [6.45, 7) is 0. The normalized spacial score (nSPS) is 16.5. The molecule has 5 nitrogen and oxygen atoms in total. The fraction of sp³-hybridized carbons (Fsp3) is 0.294. The third kappa shape index (κ3) is 2.50. The third-order valence-electron chi connectivity index (χ3n) is 3.88. The molecular weight excluding hydrogens is 284 g/mol. The lowest BCUT2D eigenvalue weighted by atomic mass is 9.97. The number of ether oxygens (including phenoxy) is 3. The summed E-state index contributed by atoms with van der Waals surface area (Å²) >= 11 is 0. The number of phenolic OH excluding ortho intramolecular Hbond substituents is 2. The zero-order chi connectivity index (χ0) is 15.7. The highest BCUT2D eigenvalue weighted by molar-refractivity contribution is 5.51. The molecule has 1 aliphatic rings. The van der Waals surface area contributed by atoms with Gasteiger partial charge < -0.3 is 24.4 Å². The van der Waals surface area contributed by atoms with E-state index in [1.165, 1.54) is 14.2 Å². The van der Waals surface area contributed by atoms with Crippen LogP contribution < -0.4 is 14.2 Å². The molecule has 3 rings (SSSR count). The van der Waals surface area contributed by atoms with Crippen LogP contribution in [0.4, 0.5) is 0 Å². The Labute approximate surface area is 128 Å². The maximum Gasteiger partial charge on any atom is 0.161 e. The Morgan fingerprint density at radius 1 is 1.00 bits per heavy atom. The predicted octanol–water partition coefficient (Wildman–Crippen LogP) is 3.18. The van der Waals surface area contributed by atoms with Gasteiger partial charge in [0, 0.05) is 6.07 Å². The molecule has 1 atom stereocenters. The van der Waals surface area contributed by atoms with E-state index in [2.05, 4.69) is 0 Å². The fourth-order valence-electron chi connectivity index (χ4n) is 2.69. The summed E-state index contributed by atoms with van der Waals surface area (Å²) in [7, 11) is 3.04. The Bertz CT molecular complexity index is 696. The van der Waals surface area contributed by atoms with Gasteiger partial charge in [0.1, 0.15) is 11.9 Å². The molecule has 0 spiro atoms. The number of rotatable bonds is 3. The maximum absolute atomic E-state index is 9.88. The Kier molecular flexibility index (Phi) is 3.71. The molecule has 2 aromatic rings. The van der Waals surface area contributed by atoms with Gasteiger partial charge in [-0.25, -0.2) is 0 Å². The van der Waals surface area contributed by atoms with Gasteiger partial charge in [0.2, 0.25) is 0 Å². The van der Waals surface area contributed by atoms with Crippen LogP contribution in [-0.4, -0.2) is 24.4 Å². The number of aromatic hydroxyl groups is 2. The summed E-state index contributed by atoms with van der Waals surface area (Å²) in [5.41, 5.74) is 1.94. The lowest BCUT2D eigenvalue weighted by Gasteiger charge is -2.27.